The Hall–Kier alpha value is -4.30. The molecule has 0 spiro atoms. The summed E-state index contributed by atoms with van der Waals surface area (Å²) in [5.41, 5.74) is 7.48. The Bertz CT molecular complexity index is 1570. The van der Waals surface area contributed by atoms with Crippen LogP contribution < -0.4 is 21.1 Å². The Morgan fingerprint density at radius 1 is 0.875 bits per heavy atom. The second kappa shape index (κ2) is 14.0. The molecule has 4 heterocycles. The molecule has 2 aromatic carbocycles. The van der Waals surface area contributed by atoms with E-state index in [0.717, 1.165) is 68.9 Å². The van der Waals surface area contributed by atoms with Crippen LogP contribution in [0.2, 0.25) is 0 Å². The fraction of sp³-hybridized carbons (Fsp3) is 0.500. The number of likely N-dealkylation sites (tertiary alicyclic amines) is 1. The second-order valence-corrected chi connectivity index (χ2v) is 13.0. The lowest BCUT2D eigenvalue weighted by Crippen LogP contribution is -2.54. The first-order valence-corrected chi connectivity index (χ1v) is 16.5. The molecule has 0 radical (unpaired) electrons. The molecule has 48 heavy (non-hydrogen) atoms. The molecule has 5 amide bonds. The van der Waals surface area contributed by atoms with E-state index in [1.165, 1.54) is 0 Å². The van der Waals surface area contributed by atoms with Crippen molar-refractivity contribution in [2.45, 2.75) is 63.1 Å². The van der Waals surface area contributed by atoms with Crippen molar-refractivity contribution in [3.05, 3.63) is 64.7 Å². The molecule has 0 bridgehead atoms. The third kappa shape index (κ3) is 7.39. The van der Waals surface area contributed by atoms with Crippen LogP contribution in [0.5, 0.6) is 0 Å². The zero-order chi connectivity index (χ0) is 34.0. The molecule has 4 aliphatic rings. The molecule has 3 fully saturated rings. The van der Waals surface area contributed by atoms with Crippen LogP contribution in [0, 0.1) is 5.92 Å². The van der Waals surface area contributed by atoms with E-state index in [1.807, 2.05) is 18.2 Å². The molecule has 0 saturated carbocycles. The number of halogens is 3. The molecule has 3 N–H and O–H groups in total. The first-order valence-electron chi connectivity index (χ1n) is 16.5. The Kier molecular flexibility index (Phi) is 9.83. The van der Waals surface area contributed by atoms with Crippen molar-refractivity contribution in [2.24, 2.45) is 5.92 Å². The number of hydrazine groups is 1. The van der Waals surface area contributed by atoms with E-state index in [9.17, 15) is 37.1 Å². The molecule has 0 aromatic heterocycles. The summed E-state index contributed by atoms with van der Waals surface area (Å²) in [6.45, 7) is 3.99. The standard InChI is InChI=1S/C34H39F3N6O5/c35-34(36,37)14-15-38-40-30(45)24-6-4-22(5-7-24)23-12-16-41(17-13-23)20-21-10-18-42(19-11-21)26-3-1-2-25-29(26)33(48)43(32(25)47)27-8-9-28(44)39-31(27)46/h1-7,21,23,27,38H,8-20H2,(H,40,45)(H,39,44,46). The van der Waals surface area contributed by atoms with E-state index in [4.69, 9.17) is 0 Å². The van der Waals surface area contributed by atoms with Gasteiger partial charge in [-0.05, 0) is 86.9 Å². The molecule has 0 aliphatic carbocycles. The topological polar surface area (TPSA) is 131 Å². The molecule has 256 valence electrons. The molecule has 4 aliphatic heterocycles. The van der Waals surface area contributed by atoms with E-state index in [2.05, 4.69) is 26.0 Å². The average Bonchev–Trinajstić information content (AvgIpc) is 3.32. The van der Waals surface area contributed by atoms with Gasteiger partial charge < -0.3 is 9.80 Å². The maximum absolute atomic E-state index is 13.5. The van der Waals surface area contributed by atoms with Crippen molar-refractivity contribution in [2.75, 3.05) is 44.2 Å². The Morgan fingerprint density at radius 2 is 1.58 bits per heavy atom. The summed E-state index contributed by atoms with van der Waals surface area (Å²) in [5.74, 6) is -1.62. The van der Waals surface area contributed by atoms with Gasteiger partial charge in [-0.25, -0.2) is 5.43 Å². The molecular weight excluding hydrogens is 629 g/mol. The lowest BCUT2D eigenvalue weighted by Gasteiger charge is -2.39. The van der Waals surface area contributed by atoms with Crippen molar-refractivity contribution >= 4 is 35.2 Å². The van der Waals surface area contributed by atoms with Gasteiger partial charge in [0, 0.05) is 38.2 Å². The van der Waals surface area contributed by atoms with Crippen LogP contribution in [0.25, 0.3) is 0 Å². The van der Waals surface area contributed by atoms with Crippen molar-refractivity contribution in [1.29, 1.82) is 0 Å². The minimum Gasteiger partial charge on any atom is -0.371 e. The number of hydrogen-bond donors (Lipinski definition) is 3. The SMILES string of the molecule is O=C1CCC(N2C(=O)c3cccc(N4CCC(CN5CCC(c6ccc(C(=O)NNCCC(F)(F)F)cc6)CC5)CC4)c3C2=O)C(=O)N1. The number of nitrogens with zero attached hydrogens (tertiary/aromatic N) is 3. The smallest absolute Gasteiger partial charge is 0.371 e. The summed E-state index contributed by atoms with van der Waals surface area (Å²) < 4.78 is 36.8. The predicted octanol–water partition coefficient (Wildman–Crippen LogP) is 3.37. The van der Waals surface area contributed by atoms with Crippen LogP contribution in [0.15, 0.2) is 42.5 Å². The zero-order valence-corrected chi connectivity index (χ0v) is 26.5. The maximum Gasteiger partial charge on any atom is 0.390 e. The molecule has 3 saturated heterocycles. The predicted molar refractivity (Wildman–Crippen MR) is 169 cm³/mol. The van der Waals surface area contributed by atoms with Gasteiger partial charge in [0.1, 0.15) is 6.04 Å². The van der Waals surface area contributed by atoms with Crippen LogP contribution in [0.3, 0.4) is 0 Å². The Labute approximate surface area is 276 Å². The number of amides is 5. The highest BCUT2D eigenvalue weighted by molar-refractivity contribution is 6.25. The van der Waals surface area contributed by atoms with Gasteiger partial charge in [0.2, 0.25) is 11.8 Å². The molecule has 14 heteroatoms. The third-order valence-corrected chi connectivity index (χ3v) is 9.88. The summed E-state index contributed by atoms with van der Waals surface area (Å²) in [6, 6.07) is 11.5. The number of piperidine rings is 3. The number of carbonyl (C=O) groups is 5. The van der Waals surface area contributed by atoms with E-state index >= 15 is 0 Å². The summed E-state index contributed by atoms with van der Waals surface area (Å²) in [5, 5.41) is 2.24. The van der Waals surface area contributed by atoms with Crippen molar-refractivity contribution in [3.63, 3.8) is 0 Å². The highest BCUT2D eigenvalue weighted by atomic mass is 19.4. The molecule has 1 atom stereocenters. The first kappa shape index (κ1) is 33.6. The van der Waals surface area contributed by atoms with Crippen molar-refractivity contribution in [3.8, 4) is 0 Å². The lowest BCUT2D eigenvalue weighted by molar-refractivity contribution is -0.136. The van der Waals surface area contributed by atoms with Gasteiger partial charge in [-0.15, -0.1) is 0 Å². The normalized spacial score (nSPS) is 21.4. The fourth-order valence-electron chi connectivity index (χ4n) is 7.26. The first-order chi connectivity index (χ1) is 23.0. The number of alkyl halides is 3. The van der Waals surface area contributed by atoms with Crippen LogP contribution in [0.4, 0.5) is 18.9 Å². The number of carbonyl (C=O) groups excluding carboxylic acids is 5. The second-order valence-electron chi connectivity index (χ2n) is 13.0. The van der Waals surface area contributed by atoms with Gasteiger partial charge in [-0.3, -0.25) is 39.6 Å². The fourth-order valence-corrected chi connectivity index (χ4v) is 7.26. The van der Waals surface area contributed by atoms with Crippen molar-refractivity contribution < 1.29 is 37.1 Å². The summed E-state index contributed by atoms with van der Waals surface area (Å²) in [6.07, 6.45) is -1.26. The number of rotatable bonds is 9. The van der Waals surface area contributed by atoms with Gasteiger partial charge in [-0.2, -0.15) is 13.2 Å². The molecule has 1 unspecified atom stereocenters. The molecule has 2 aromatic rings. The largest absolute Gasteiger partial charge is 0.390 e. The molecular formula is C34H39F3N6O5. The van der Waals surface area contributed by atoms with Crippen LogP contribution in [0.1, 0.15) is 87.5 Å². The van der Waals surface area contributed by atoms with E-state index in [0.29, 0.717) is 34.2 Å². The van der Waals surface area contributed by atoms with Gasteiger partial charge in [0.15, 0.2) is 0 Å². The molecule has 11 nitrogen and oxygen atoms in total. The number of benzene rings is 2. The van der Waals surface area contributed by atoms with Gasteiger partial charge in [0.25, 0.3) is 17.7 Å². The summed E-state index contributed by atoms with van der Waals surface area (Å²) >= 11 is 0. The Balaban J connectivity index is 0.966. The number of hydrogen-bond acceptors (Lipinski definition) is 8. The lowest BCUT2D eigenvalue weighted by atomic mass is 9.88. The number of nitrogens with one attached hydrogen (secondary N) is 3. The Morgan fingerprint density at radius 3 is 2.25 bits per heavy atom. The van der Waals surface area contributed by atoms with Crippen LogP contribution in [-0.4, -0.2) is 90.8 Å². The number of imide groups is 2. The van der Waals surface area contributed by atoms with E-state index in [1.54, 1.807) is 24.3 Å². The average molecular weight is 669 g/mol. The summed E-state index contributed by atoms with van der Waals surface area (Å²) in [4.78, 5) is 68.8. The quantitative estimate of drug-likeness (QED) is 0.211. The minimum atomic E-state index is -4.28. The van der Waals surface area contributed by atoms with Crippen LogP contribution >= 0.6 is 0 Å². The van der Waals surface area contributed by atoms with E-state index in [-0.39, 0.29) is 12.8 Å². The monoisotopic (exact) mass is 668 g/mol. The highest BCUT2D eigenvalue weighted by Gasteiger charge is 2.46. The minimum absolute atomic E-state index is 0.0779. The third-order valence-electron chi connectivity index (χ3n) is 9.88. The maximum atomic E-state index is 13.5. The number of anilines is 1. The van der Waals surface area contributed by atoms with Gasteiger partial charge >= 0.3 is 6.18 Å². The highest BCUT2D eigenvalue weighted by Crippen LogP contribution is 2.36. The summed E-state index contributed by atoms with van der Waals surface area (Å²) in [7, 11) is 0. The zero-order valence-electron chi connectivity index (χ0n) is 26.5. The molecule has 6 rings (SSSR count). The van der Waals surface area contributed by atoms with Crippen molar-refractivity contribution in [1.82, 2.24) is 26.0 Å². The van der Waals surface area contributed by atoms with E-state index < -0.39 is 54.7 Å². The van der Waals surface area contributed by atoms with Gasteiger partial charge in [-0.1, -0.05) is 18.2 Å². The number of fused-ring (bicyclic) bond motifs is 1. The van der Waals surface area contributed by atoms with Crippen LogP contribution in [-0.2, 0) is 9.59 Å². The van der Waals surface area contributed by atoms with Gasteiger partial charge in [0.05, 0.1) is 23.2 Å².